The molecule has 0 spiro atoms. The second-order valence-corrected chi connectivity index (χ2v) is 11.9. The van der Waals surface area contributed by atoms with Gasteiger partial charge in [0.05, 0.1) is 6.04 Å². The predicted molar refractivity (Wildman–Crippen MR) is 125 cm³/mol. The summed E-state index contributed by atoms with van der Waals surface area (Å²) in [6.45, 7) is 0.342. The van der Waals surface area contributed by atoms with E-state index in [4.69, 9.17) is 4.74 Å². The summed E-state index contributed by atoms with van der Waals surface area (Å²) in [7, 11) is -5.23. The van der Waals surface area contributed by atoms with Gasteiger partial charge in [-0.25, -0.2) is 22.0 Å². The van der Waals surface area contributed by atoms with Crippen molar-refractivity contribution in [3.05, 3.63) is 0 Å². The summed E-state index contributed by atoms with van der Waals surface area (Å²) in [6, 6.07) is -2.75. The zero-order chi connectivity index (χ0) is 27.2. The molecule has 2 aliphatic carbocycles. The smallest absolute Gasteiger partial charge is 0.746 e. The number of rotatable bonds is 10. The molecular formula is C23H36F2N3NaO8S. The van der Waals surface area contributed by atoms with Crippen molar-refractivity contribution in [2.45, 2.75) is 107 Å². The number of alkyl halides is 2. The topological polar surface area (TPSA) is 174 Å². The molecule has 3 amide bonds. The summed E-state index contributed by atoms with van der Waals surface area (Å²) in [6.07, 6.45) is 2.33. The number of nitrogens with one attached hydrogen (secondary N) is 3. The second kappa shape index (κ2) is 14.5. The van der Waals surface area contributed by atoms with Gasteiger partial charge in [0, 0.05) is 25.3 Å². The zero-order valence-corrected chi connectivity index (χ0v) is 24.4. The Morgan fingerprint density at radius 3 is 2.26 bits per heavy atom. The van der Waals surface area contributed by atoms with E-state index >= 15 is 0 Å². The first-order valence-corrected chi connectivity index (χ1v) is 14.4. The minimum atomic E-state index is -5.23. The third kappa shape index (κ3) is 10.2. The van der Waals surface area contributed by atoms with Crippen molar-refractivity contribution in [2.75, 3.05) is 6.54 Å². The van der Waals surface area contributed by atoms with Gasteiger partial charge in [0.15, 0.2) is 5.44 Å². The van der Waals surface area contributed by atoms with Crippen LogP contribution in [0.25, 0.3) is 0 Å². The normalized spacial score (nSPS) is 24.8. The maximum atomic E-state index is 13.4. The third-order valence-electron chi connectivity index (χ3n) is 7.51. The summed E-state index contributed by atoms with van der Waals surface area (Å²) >= 11 is 0. The molecule has 3 aliphatic rings. The van der Waals surface area contributed by atoms with E-state index in [-0.39, 0.29) is 67.1 Å². The van der Waals surface area contributed by atoms with Crippen LogP contribution in [0.4, 0.5) is 13.6 Å². The Kier molecular flexibility index (Phi) is 12.7. The summed E-state index contributed by atoms with van der Waals surface area (Å²) in [5.41, 5.74) is -2.49. The number of alkyl carbamates (subject to hydrolysis) is 1. The standard InChI is InChI=1S/C23H37F2N3O8S.Na/c24-23(25)9-6-16(7-10-23)36-22(32)28-17(12-14-4-2-1-3-5-14)20(30)27-18(21(31)37(33,34)35)13-15-8-11-26-19(15)29;/h14-18,21,31H,1-13H2,(H,26,29)(H,27,30)(H,28,32)(H,33,34,35);/q;+1/p-1/t15-,17-,18-,21?;/m0./s1. The van der Waals surface area contributed by atoms with Crippen molar-refractivity contribution >= 4 is 28.0 Å². The van der Waals surface area contributed by atoms with E-state index in [1.165, 1.54) is 0 Å². The summed E-state index contributed by atoms with van der Waals surface area (Å²) < 4.78 is 66.7. The molecule has 0 radical (unpaired) electrons. The molecule has 0 aromatic carbocycles. The molecule has 1 aliphatic heterocycles. The molecule has 15 heteroatoms. The van der Waals surface area contributed by atoms with Crippen LogP contribution in [-0.2, 0) is 24.4 Å². The zero-order valence-electron chi connectivity index (χ0n) is 21.6. The summed E-state index contributed by atoms with van der Waals surface area (Å²) in [5.74, 6) is -4.63. The van der Waals surface area contributed by atoms with Crippen molar-refractivity contribution in [3.63, 3.8) is 0 Å². The Balaban J connectivity index is 0.00000507. The van der Waals surface area contributed by atoms with Crippen molar-refractivity contribution in [1.29, 1.82) is 0 Å². The first-order chi connectivity index (χ1) is 17.3. The quantitative estimate of drug-likeness (QED) is 0.180. The molecule has 1 heterocycles. The van der Waals surface area contributed by atoms with Gasteiger partial charge in [0.1, 0.15) is 22.3 Å². The van der Waals surface area contributed by atoms with Gasteiger partial charge in [-0.05, 0) is 38.0 Å². The van der Waals surface area contributed by atoms with Crippen molar-refractivity contribution < 1.29 is 75.5 Å². The summed E-state index contributed by atoms with van der Waals surface area (Å²) in [5, 5.41) is 17.6. The third-order valence-corrected chi connectivity index (χ3v) is 8.43. The van der Waals surface area contributed by atoms with Crippen LogP contribution in [0.5, 0.6) is 0 Å². The van der Waals surface area contributed by atoms with Gasteiger partial charge in [-0.1, -0.05) is 32.1 Å². The minimum absolute atomic E-state index is 0. The van der Waals surface area contributed by atoms with E-state index in [0.29, 0.717) is 13.0 Å². The van der Waals surface area contributed by atoms with Crippen LogP contribution >= 0.6 is 0 Å². The van der Waals surface area contributed by atoms with E-state index in [1.54, 1.807) is 0 Å². The van der Waals surface area contributed by atoms with Crippen LogP contribution < -0.4 is 45.5 Å². The van der Waals surface area contributed by atoms with Crippen molar-refractivity contribution in [1.82, 2.24) is 16.0 Å². The number of hydrogen-bond acceptors (Lipinski definition) is 8. The number of halogens is 2. The maximum Gasteiger partial charge on any atom is 1.00 e. The molecule has 1 unspecified atom stereocenters. The van der Waals surface area contributed by atoms with Crippen molar-refractivity contribution in [3.8, 4) is 0 Å². The van der Waals surface area contributed by atoms with Gasteiger partial charge in [0.2, 0.25) is 17.7 Å². The van der Waals surface area contributed by atoms with Crippen LogP contribution in [0.15, 0.2) is 0 Å². The average Bonchev–Trinajstić information content (AvgIpc) is 3.23. The summed E-state index contributed by atoms with van der Waals surface area (Å²) in [4.78, 5) is 37.8. The SMILES string of the molecule is O=C(N[C@@H](CC1CCCCC1)C(=O)N[C@@H](C[C@@H]1CCNC1=O)C(O)S(=O)(=O)[O-])OC1CCC(F)(F)CC1.[Na+]. The number of aliphatic hydroxyl groups is 1. The molecule has 4 N–H and O–H groups in total. The number of ether oxygens (including phenoxy) is 1. The Hall–Kier alpha value is -1.06. The van der Waals surface area contributed by atoms with Gasteiger partial charge in [-0.2, -0.15) is 0 Å². The van der Waals surface area contributed by atoms with E-state index in [2.05, 4.69) is 16.0 Å². The second-order valence-electron chi connectivity index (χ2n) is 10.4. The maximum absolute atomic E-state index is 13.4. The minimum Gasteiger partial charge on any atom is -0.746 e. The van der Waals surface area contributed by atoms with E-state index < -0.39 is 70.4 Å². The molecule has 0 bridgehead atoms. The molecule has 3 fully saturated rings. The van der Waals surface area contributed by atoms with Gasteiger partial charge in [0.25, 0.3) is 0 Å². The fraction of sp³-hybridized carbons (Fsp3) is 0.870. The molecular weight excluding hydrogens is 539 g/mol. The Morgan fingerprint density at radius 2 is 1.71 bits per heavy atom. The average molecular weight is 576 g/mol. The van der Waals surface area contributed by atoms with Crippen LogP contribution in [0, 0.1) is 11.8 Å². The molecule has 11 nitrogen and oxygen atoms in total. The van der Waals surface area contributed by atoms with Gasteiger partial charge >= 0.3 is 35.7 Å². The molecule has 0 aromatic heterocycles. The van der Waals surface area contributed by atoms with E-state index in [1.807, 2.05) is 0 Å². The van der Waals surface area contributed by atoms with Crippen LogP contribution in [0.2, 0.25) is 0 Å². The van der Waals surface area contributed by atoms with Crippen molar-refractivity contribution in [2.24, 2.45) is 11.8 Å². The fourth-order valence-corrected chi connectivity index (χ4v) is 5.94. The largest absolute Gasteiger partial charge is 1.00 e. The molecule has 1 saturated heterocycles. The Morgan fingerprint density at radius 1 is 1.08 bits per heavy atom. The fourth-order valence-electron chi connectivity index (χ4n) is 5.35. The first-order valence-electron chi connectivity index (χ1n) is 12.9. The van der Waals surface area contributed by atoms with Crippen LogP contribution in [0.1, 0.15) is 77.0 Å². The monoisotopic (exact) mass is 575 g/mol. The first kappa shape index (κ1) is 33.1. The molecule has 0 aromatic rings. The Bertz CT molecular complexity index is 926. The number of carbonyl (C=O) groups excluding carboxylic acids is 3. The number of amides is 3. The van der Waals surface area contributed by atoms with E-state index in [9.17, 15) is 41.2 Å². The Labute approximate surface area is 243 Å². The van der Waals surface area contributed by atoms with Crippen LogP contribution in [-0.4, -0.2) is 72.1 Å². The molecule has 38 heavy (non-hydrogen) atoms. The predicted octanol–water partition coefficient (Wildman–Crippen LogP) is -1.49. The molecule has 3 rings (SSSR count). The molecule has 212 valence electrons. The van der Waals surface area contributed by atoms with Gasteiger partial charge in [-0.3, -0.25) is 9.59 Å². The van der Waals surface area contributed by atoms with Crippen LogP contribution in [0.3, 0.4) is 0 Å². The molecule has 4 atom stereocenters. The van der Waals surface area contributed by atoms with Gasteiger partial charge < -0.3 is 30.3 Å². The van der Waals surface area contributed by atoms with Gasteiger partial charge in [-0.15, -0.1) is 0 Å². The van der Waals surface area contributed by atoms with E-state index in [0.717, 1.165) is 32.1 Å². The number of carbonyl (C=O) groups is 3. The number of hydrogen-bond donors (Lipinski definition) is 4. The number of aliphatic hydroxyl groups excluding tert-OH is 1. The molecule has 2 saturated carbocycles.